The Kier molecular flexibility index (Phi) is 5.64. The smallest absolute Gasteiger partial charge is 0.254 e. The van der Waals surface area contributed by atoms with Crippen molar-refractivity contribution in [3.63, 3.8) is 0 Å². The number of aromatic nitrogens is 3. The van der Waals surface area contributed by atoms with Gasteiger partial charge in [0.25, 0.3) is 5.91 Å². The van der Waals surface area contributed by atoms with Gasteiger partial charge in [0.2, 0.25) is 0 Å². The highest BCUT2D eigenvalue weighted by atomic mass is 32.2. The summed E-state index contributed by atoms with van der Waals surface area (Å²) >= 11 is 0. The number of H-pyrrole nitrogens is 1. The maximum Gasteiger partial charge on any atom is 0.254 e. The number of nitrogens with one attached hydrogen (secondary N) is 1. The largest absolute Gasteiger partial charge is 0.339 e. The van der Waals surface area contributed by atoms with Crippen LogP contribution in [0.2, 0.25) is 0 Å². The van der Waals surface area contributed by atoms with E-state index in [2.05, 4.69) is 15.2 Å². The molecular weight excluding hydrogens is 364 g/mol. The summed E-state index contributed by atoms with van der Waals surface area (Å²) in [6.45, 7) is 5.23. The fourth-order valence-electron chi connectivity index (χ4n) is 3.46. The number of piperidine rings is 1. The van der Waals surface area contributed by atoms with Crippen LogP contribution >= 0.6 is 0 Å². The first kappa shape index (κ1) is 19.5. The zero-order valence-electron chi connectivity index (χ0n) is 16.0. The van der Waals surface area contributed by atoms with Crippen molar-refractivity contribution in [2.24, 2.45) is 0 Å². The van der Waals surface area contributed by atoms with Crippen molar-refractivity contribution in [3.05, 3.63) is 41.0 Å². The lowest BCUT2D eigenvalue weighted by molar-refractivity contribution is 0.0710. The molecule has 1 fully saturated rings. The molecule has 146 valence electrons. The van der Waals surface area contributed by atoms with Gasteiger partial charge >= 0.3 is 0 Å². The Hall–Kier alpha value is -2.22. The number of likely N-dealkylation sites (tertiary alicyclic amines) is 1. The van der Waals surface area contributed by atoms with Crippen LogP contribution in [0.1, 0.15) is 60.2 Å². The van der Waals surface area contributed by atoms with Crippen LogP contribution in [0.4, 0.5) is 0 Å². The summed E-state index contributed by atoms with van der Waals surface area (Å²) in [6.07, 6.45) is 4.27. The van der Waals surface area contributed by atoms with Crippen molar-refractivity contribution in [3.8, 4) is 0 Å². The van der Waals surface area contributed by atoms with Crippen LogP contribution in [-0.2, 0) is 22.7 Å². The van der Waals surface area contributed by atoms with E-state index < -0.39 is 9.84 Å². The van der Waals surface area contributed by atoms with Gasteiger partial charge in [-0.2, -0.15) is 5.10 Å². The van der Waals surface area contributed by atoms with Gasteiger partial charge in [0, 0.05) is 37.2 Å². The minimum Gasteiger partial charge on any atom is -0.339 e. The Morgan fingerprint density at radius 2 is 1.93 bits per heavy atom. The SMILES string of the molecule is CCc1nc(C2CCN(C(=O)c3cc(S(C)(=O)=O)ccc3CC)CC2)n[nH]1. The molecule has 1 aromatic heterocycles. The quantitative estimate of drug-likeness (QED) is 0.845. The number of aryl methyl sites for hydroxylation is 2. The van der Waals surface area contributed by atoms with Crippen LogP contribution < -0.4 is 0 Å². The van der Waals surface area contributed by atoms with Gasteiger partial charge in [-0.05, 0) is 37.0 Å². The lowest BCUT2D eigenvalue weighted by Gasteiger charge is -2.31. The predicted molar refractivity (Wildman–Crippen MR) is 103 cm³/mol. The molecule has 0 aliphatic carbocycles. The number of carbonyl (C=O) groups excluding carboxylic acids is 1. The van der Waals surface area contributed by atoms with Crippen LogP contribution in [0.5, 0.6) is 0 Å². The number of hydrogen-bond donors (Lipinski definition) is 1. The van der Waals surface area contributed by atoms with Crippen molar-refractivity contribution in [1.29, 1.82) is 0 Å². The molecule has 8 heteroatoms. The third-order valence-electron chi connectivity index (χ3n) is 5.15. The molecule has 0 bridgehead atoms. The molecule has 2 aromatic rings. The molecule has 2 heterocycles. The maximum absolute atomic E-state index is 13.0. The summed E-state index contributed by atoms with van der Waals surface area (Å²) in [4.78, 5) is 19.6. The van der Waals surface area contributed by atoms with E-state index in [0.29, 0.717) is 25.1 Å². The molecule has 7 nitrogen and oxygen atoms in total. The number of amides is 1. The number of benzene rings is 1. The van der Waals surface area contributed by atoms with E-state index in [0.717, 1.165) is 42.7 Å². The second-order valence-electron chi connectivity index (χ2n) is 7.01. The zero-order chi connectivity index (χ0) is 19.6. The van der Waals surface area contributed by atoms with Crippen molar-refractivity contribution in [1.82, 2.24) is 20.1 Å². The molecule has 1 aromatic carbocycles. The molecule has 1 aliphatic rings. The summed E-state index contributed by atoms with van der Waals surface area (Å²) < 4.78 is 23.7. The van der Waals surface area contributed by atoms with E-state index in [1.807, 2.05) is 18.7 Å². The molecule has 27 heavy (non-hydrogen) atoms. The van der Waals surface area contributed by atoms with Gasteiger partial charge < -0.3 is 4.90 Å². The minimum atomic E-state index is -3.35. The summed E-state index contributed by atoms with van der Waals surface area (Å²) in [6, 6.07) is 4.84. The third kappa shape index (κ3) is 4.21. The predicted octanol–water partition coefficient (Wildman–Crippen LogP) is 2.35. The van der Waals surface area contributed by atoms with Gasteiger partial charge in [0.15, 0.2) is 15.7 Å². The standard InChI is InChI=1S/C19H26N4O3S/c1-4-13-6-7-15(27(3,25)26)12-16(13)19(24)23-10-8-14(9-11-23)18-20-17(5-2)21-22-18/h6-7,12,14H,4-5,8-11H2,1-3H3,(H,20,21,22). The normalized spacial score (nSPS) is 15.9. The molecular formula is C19H26N4O3S. The van der Waals surface area contributed by atoms with Crippen LogP contribution in [0.3, 0.4) is 0 Å². The summed E-state index contributed by atoms with van der Waals surface area (Å²) in [7, 11) is -3.35. The zero-order valence-corrected chi connectivity index (χ0v) is 16.8. The Balaban J connectivity index is 1.75. The summed E-state index contributed by atoms with van der Waals surface area (Å²) in [5.74, 6) is 1.86. The van der Waals surface area contributed by atoms with E-state index in [1.54, 1.807) is 12.1 Å². The molecule has 1 amide bonds. The molecule has 0 unspecified atom stereocenters. The fourth-order valence-corrected chi connectivity index (χ4v) is 4.10. The van der Waals surface area contributed by atoms with Crippen LogP contribution in [0, 0.1) is 0 Å². The minimum absolute atomic E-state index is 0.0972. The average Bonchev–Trinajstić information content (AvgIpc) is 3.15. The van der Waals surface area contributed by atoms with Crippen molar-refractivity contribution in [2.45, 2.75) is 50.3 Å². The monoisotopic (exact) mass is 390 g/mol. The molecule has 0 spiro atoms. The summed E-state index contributed by atoms with van der Waals surface area (Å²) in [5, 5.41) is 7.25. The van der Waals surface area contributed by atoms with Crippen molar-refractivity contribution >= 4 is 15.7 Å². The highest BCUT2D eigenvalue weighted by Crippen LogP contribution is 2.27. The molecule has 0 saturated carbocycles. The molecule has 1 N–H and O–H groups in total. The van der Waals surface area contributed by atoms with Gasteiger partial charge in [-0.1, -0.05) is 19.9 Å². The molecule has 1 aliphatic heterocycles. The second kappa shape index (κ2) is 7.80. The first-order valence-electron chi connectivity index (χ1n) is 9.36. The Bertz CT molecular complexity index is 928. The van der Waals surface area contributed by atoms with E-state index in [-0.39, 0.29) is 16.7 Å². The molecule has 1 saturated heterocycles. The first-order chi connectivity index (χ1) is 12.8. The van der Waals surface area contributed by atoms with E-state index in [4.69, 9.17) is 0 Å². The van der Waals surface area contributed by atoms with Crippen LogP contribution in [-0.4, -0.2) is 53.8 Å². The third-order valence-corrected chi connectivity index (χ3v) is 6.26. The number of rotatable bonds is 5. The first-order valence-corrected chi connectivity index (χ1v) is 11.3. The van der Waals surface area contributed by atoms with Crippen LogP contribution in [0.15, 0.2) is 23.1 Å². The second-order valence-corrected chi connectivity index (χ2v) is 9.02. The number of aromatic amines is 1. The van der Waals surface area contributed by atoms with Crippen molar-refractivity contribution in [2.75, 3.05) is 19.3 Å². The number of hydrogen-bond acceptors (Lipinski definition) is 5. The van der Waals surface area contributed by atoms with E-state index in [9.17, 15) is 13.2 Å². The lowest BCUT2D eigenvalue weighted by Crippen LogP contribution is -2.38. The molecule has 0 radical (unpaired) electrons. The lowest BCUT2D eigenvalue weighted by atomic mass is 9.95. The highest BCUT2D eigenvalue weighted by molar-refractivity contribution is 7.90. The maximum atomic E-state index is 13.0. The topological polar surface area (TPSA) is 96.0 Å². The Morgan fingerprint density at radius 3 is 2.48 bits per heavy atom. The molecule has 3 rings (SSSR count). The van der Waals surface area contributed by atoms with Gasteiger partial charge in [-0.15, -0.1) is 0 Å². The van der Waals surface area contributed by atoms with Gasteiger partial charge in [-0.25, -0.2) is 13.4 Å². The highest BCUT2D eigenvalue weighted by Gasteiger charge is 2.28. The number of carbonyl (C=O) groups is 1. The van der Waals surface area contributed by atoms with Crippen molar-refractivity contribution < 1.29 is 13.2 Å². The molecule has 0 atom stereocenters. The Labute approximate surface area is 160 Å². The van der Waals surface area contributed by atoms with Gasteiger partial charge in [-0.3, -0.25) is 9.89 Å². The van der Waals surface area contributed by atoms with Crippen LogP contribution in [0.25, 0.3) is 0 Å². The Morgan fingerprint density at radius 1 is 1.22 bits per heavy atom. The van der Waals surface area contributed by atoms with Gasteiger partial charge in [0.1, 0.15) is 5.82 Å². The van der Waals surface area contributed by atoms with Gasteiger partial charge in [0.05, 0.1) is 4.90 Å². The number of sulfone groups is 1. The summed E-state index contributed by atoms with van der Waals surface area (Å²) in [5.41, 5.74) is 1.36. The number of nitrogens with zero attached hydrogens (tertiary/aromatic N) is 3. The fraction of sp³-hybridized carbons (Fsp3) is 0.526. The van der Waals surface area contributed by atoms with E-state index >= 15 is 0 Å². The average molecular weight is 391 g/mol. The van der Waals surface area contributed by atoms with E-state index in [1.165, 1.54) is 6.07 Å².